The van der Waals surface area contributed by atoms with Crippen LogP contribution in [0, 0.1) is 13.8 Å². The van der Waals surface area contributed by atoms with E-state index >= 15 is 0 Å². The van der Waals surface area contributed by atoms with Crippen LogP contribution >= 0.6 is 0 Å². The monoisotopic (exact) mass is 214 g/mol. The summed E-state index contributed by atoms with van der Waals surface area (Å²) in [6.07, 6.45) is 1.61. The average molecular weight is 214 g/mol. The lowest BCUT2D eigenvalue weighted by molar-refractivity contribution is 1.06. The van der Waals surface area contributed by atoms with Gasteiger partial charge < -0.3 is 11.1 Å². The van der Waals surface area contributed by atoms with Gasteiger partial charge in [0.1, 0.15) is 5.82 Å². The van der Waals surface area contributed by atoms with E-state index in [-0.39, 0.29) is 0 Å². The Morgan fingerprint density at radius 2 is 1.81 bits per heavy atom. The molecule has 1 aromatic heterocycles. The van der Waals surface area contributed by atoms with Crippen molar-refractivity contribution < 1.29 is 0 Å². The minimum Gasteiger partial charge on any atom is -0.394 e. The highest BCUT2D eigenvalue weighted by molar-refractivity contribution is 5.67. The van der Waals surface area contributed by atoms with E-state index in [0.717, 1.165) is 5.69 Å². The molecule has 0 aliphatic carbocycles. The van der Waals surface area contributed by atoms with Gasteiger partial charge in [0, 0.05) is 5.69 Å². The first kappa shape index (κ1) is 10.4. The molecule has 3 N–H and O–H groups in total. The molecule has 1 heterocycles. The van der Waals surface area contributed by atoms with Gasteiger partial charge in [0.2, 0.25) is 0 Å². The zero-order valence-electron chi connectivity index (χ0n) is 9.36. The number of nitrogens with zero attached hydrogens (tertiary/aromatic N) is 2. The molecule has 4 nitrogen and oxygen atoms in total. The van der Waals surface area contributed by atoms with Crippen LogP contribution in [0.4, 0.5) is 17.2 Å². The fourth-order valence-corrected chi connectivity index (χ4v) is 1.35. The molecule has 0 fully saturated rings. The first-order valence-electron chi connectivity index (χ1n) is 5.08. The maximum absolute atomic E-state index is 5.78. The van der Waals surface area contributed by atoms with E-state index in [9.17, 15) is 0 Å². The predicted octanol–water partition coefficient (Wildman–Crippen LogP) is 2.42. The minimum absolute atomic E-state index is 0.547. The van der Waals surface area contributed by atoms with Gasteiger partial charge in [-0.1, -0.05) is 17.7 Å². The molecule has 4 heteroatoms. The average Bonchev–Trinajstić information content (AvgIpc) is 2.27. The van der Waals surface area contributed by atoms with Crippen LogP contribution in [-0.2, 0) is 0 Å². The maximum atomic E-state index is 5.78. The highest BCUT2D eigenvalue weighted by atomic mass is 15.0. The lowest BCUT2D eigenvalue weighted by Crippen LogP contribution is -2.01. The van der Waals surface area contributed by atoms with Crippen LogP contribution in [0.15, 0.2) is 30.5 Å². The molecule has 0 unspecified atom stereocenters. The van der Waals surface area contributed by atoms with E-state index in [1.54, 1.807) is 6.20 Å². The summed E-state index contributed by atoms with van der Waals surface area (Å²) in [5.41, 5.74) is 8.51. The molecule has 0 spiro atoms. The molecule has 2 rings (SSSR count). The smallest absolute Gasteiger partial charge is 0.157 e. The van der Waals surface area contributed by atoms with Gasteiger partial charge in [-0.3, -0.25) is 0 Å². The van der Waals surface area contributed by atoms with E-state index in [1.165, 1.54) is 5.56 Å². The van der Waals surface area contributed by atoms with Gasteiger partial charge in [0.15, 0.2) is 5.82 Å². The molecule has 0 saturated heterocycles. The Bertz CT molecular complexity index is 491. The van der Waals surface area contributed by atoms with E-state index < -0.39 is 0 Å². The molecule has 0 bridgehead atoms. The SMILES string of the molecule is Cc1ccc(Nc2nc(C)ncc2N)cc1. The van der Waals surface area contributed by atoms with Crippen molar-refractivity contribution in [3.63, 3.8) is 0 Å². The van der Waals surface area contributed by atoms with Gasteiger partial charge in [0.25, 0.3) is 0 Å². The minimum atomic E-state index is 0.547. The molecule has 16 heavy (non-hydrogen) atoms. The Balaban J connectivity index is 2.26. The first-order valence-corrected chi connectivity index (χ1v) is 5.08. The van der Waals surface area contributed by atoms with E-state index in [1.807, 2.05) is 38.1 Å². The zero-order valence-corrected chi connectivity index (χ0v) is 9.36. The van der Waals surface area contributed by atoms with Crippen molar-refractivity contribution in [2.75, 3.05) is 11.1 Å². The lowest BCUT2D eigenvalue weighted by atomic mass is 10.2. The van der Waals surface area contributed by atoms with Crippen LogP contribution in [0.25, 0.3) is 0 Å². The Morgan fingerprint density at radius 3 is 2.50 bits per heavy atom. The molecule has 0 radical (unpaired) electrons. The molecule has 0 amide bonds. The second-order valence-corrected chi connectivity index (χ2v) is 3.71. The van der Waals surface area contributed by atoms with E-state index in [0.29, 0.717) is 17.3 Å². The van der Waals surface area contributed by atoms with Gasteiger partial charge in [0.05, 0.1) is 11.9 Å². The molecule has 82 valence electrons. The van der Waals surface area contributed by atoms with Crippen LogP contribution < -0.4 is 11.1 Å². The van der Waals surface area contributed by atoms with Crippen molar-refractivity contribution in [2.45, 2.75) is 13.8 Å². The van der Waals surface area contributed by atoms with Crippen LogP contribution in [0.5, 0.6) is 0 Å². The van der Waals surface area contributed by atoms with Gasteiger partial charge >= 0.3 is 0 Å². The lowest BCUT2D eigenvalue weighted by Gasteiger charge is -2.08. The standard InChI is InChI=1S/C12H14N4/c1-8-3-5-10(6-4-8)16-12-11(13)7-14-9(2)15-12/h3-7H,13H2,1-2H3,(H,14,15,16). The summed E-state index contributed by atoms with van der Waals surface area (Å²) in [4.78, 5) is 8.26. The van der Waals surface area contributed by atoms with Crippen molar-refractivity contribution in [3.8, 4) is 0 Å². The third kappa shape index (κ3) is 2.28. The van der Waals surface area contributed by atoms with Crippen LogP contribution in [0.3, 0.4) is 0 Å². The van der Waals surface area contributed by atoms with Crippen molar-refractivity contribution in [3.05, 3.63) is 41.9 Å². The highest BCUT2D eigenvalue weighted by Crippen LogP contribution is 2.19. The number of rotatable bonds is 2. The van der Waals surface area contributed by atoms with E-state index in [2.05, 4.69) is 15.3 Å². The summed E-state index contributed by atoms with van der Waals surface area (Å²) >= 11 is 0. The Kier molecular flexibility index (Phi) is 2.72. The molecule has 0 saturated carbocycles. The topological polar surface area (TPSA) is 63.8 Å². The molecule has 1 aromatic carbocycles. The first-order chi connectivity index (χ1) is 7.65. The van der Waals surface area contributed by atoms with Gasteiger partial charge in [-0.05, 0) is 26.0 Å². The Morgan fingerprint density at radius 1 is 1.12 bits per heavy atom. The molecule has 0 aliphatic rings. The highest BCUT2D eigenvalue weighted by Gasteiger charge is 2.02. The van der Waals surface area contributed by atoms with Gasteiger partial charge in [-0.15, -0.1) is 0 Å². The second kappa shape index (κ2) is 4.18. The third-order valence-corrected chi connectivity index (χ3v) is 2.25. The second-order valence-electron chi connectivity index (χ2n) is 3.71. The number of nitrogens with two attached hydrogens (primary N) is 1. The van der Waals surface area contributed by atoms with Gasteiger partial charge in [-0.25, -0.2) is 9.97 Å². The number of nitrogens with one attached hydrogen (secondary N) is 1. The summed E-state index contributed by atoms with van der Waals surface area (Å²) in [7, 11) is 0. The summed E-state index contributed by atoms with van der Waals surface area (Å²) in [6.45, 7) is 3.88. The largest absolute Gasteiger partial charge is 0.394 e. The maximum Gasteiger partial charge on any atom is 0.157 e. The summed E-state index contributed by atoms with van der Waals surface area (Å²) in [6, 6.07) is 8.05. The van der Waals surface area contributed by atoms with Crippen LogP contribution in [-0.4, -0.2) is 9.97 Å². The summed E-state index contributed by atoms with van der Waals surface area (Å²) in [5.74, 6) is 1.35. The number of aryl methyl sites for hydroxylation is 2. The summed E-state index contributed by atoms with van der Waals surface area (Å²) in [5, 5.41) is 3.16. The summed E-state index contributed by atoms with van der Waals surface area (Å²) < 4.78 is 0. The van der Waals surface area contributed by atoms with Crippen LogP contribution in [0.1, 0.15) is 11.4 Å². The number of benzene rings is 1. The fourth-order valence-electron chi connectivity index (χ4n) is 1.35. The molecule has 2 aromatic rings. The molecular formula is C12H14N4. The third-order valence-electron chi connectivity index (χ3n) is 2.25. The number of hydrogen-bond donors (Lipinski definition) is 2. The van der Waals surface area contributed by atoms with Crippen molar-refractivity contribution in [1.29, 1.82) is 0 Å². The van der Waals surface area contributed by atoms with E-state index in [4.69, 9.17) is 5.73 Å². The Labute approximate surface area is 94.5 Å². The van der Waals surface area contributed by atoms with Crippen molar-refractivity contribution >= 4 is 17.2 Å². The van der Waals surface area contributed by atoms with Gasteiger partial charge in [-0.2, -0.15) is 0 Å². The number of anilines is 3. The van der Waals surface area contributed by atoms with Crippen LogP contribution in [0.2, 0.25) is 0 Å². The zero-order chi connectivity index (χ0) is 11.5. The normalized spacial score (nSPS) is 10.1. The molecule has 0 aliphatic heterocycles. The van der Waals surface area contributed by atoms with Crippen molar-refractivity contribution in [2.24, 2.45) is 0 Å². The number of hydrogen-bond acceptors (Lipinski definition) is 4. The number of aromatic nitrogens is 2. The molecular weight excluding hydrogens is 200 g/mol. The van der Waals surface area contributed by atoms with Crippen molar-refractivity contribution in [1.82, 2.24) is 9.97 Å². The predicted molar refractivity (Wildman–Crippen MR) is 65.6 cm³/mol. The Hall–Kier alpha value is -2.10. The quantitative estimate of drug-likeness (QED) is 0.805. The molecule has 0 atom stereocenters. The number of nitrogen functional groups attached to an aromatic ring is 1. The fraction of sp³-hybridized carbons (Fsp3) is 0.167.